The molecule has 0 aliphatic rings. The number of thiophene rings is 1. The van der Waals surface area contributed by atoms with Gasteiger partial charge in [-0.1, -0.05) is 20.3 Å². The Morgan fingerprint density at radius 2 is 2.21 bits per heavy atom. The van der Waals surface area contributed by atoms with Crippen LogP contribution in [0, 0.1) is 5.92 Å². The lowest BCUT2D eigenvalue weighted by Gasteiger charge is -2.07. The number of rotatable bonds is 4. The van der Waals surface area contributed by atoms with E-state index in [1.54, 1.807) is 11.3 Å². The Morgan fingerprint density at radius 3 is 2.64 bits per heavy atom. The van der Waals surface area contributed by atoms with Crippen molar-refractivity contribution < 1.29 is 4.79 Å². The molecular weight excluding hydrogens is 328 g/mol. The number of carbonyl (C=O) groups is 1. The zero-order chi connectivity index (χ0) is 10.7. The molecule has 0 amide bonds. The summed E-state index contributed by atoms with van der Waals surface area (Å²) in [4.78, 5) is 11.9. The molecule has 1 atom stereocenters. The van der Waals surface area contributed by atoms with Crippen LogP contribution in [0.1, 0.15) is 37.0 Å². The van der Waals surface area contributed by atoms with Crippen molar-refractivity contribution in [3.8, 4) is 0 Å². The summed E-state index contributed by atoms with van der Waals surface area (Å²) in [5.41, 5.74) is 0.808. The molecule has 0 radical (unpaired) electrons. The lowest BCUT2D eigenvalue weighted by molar-refractivity contribution is 0.0923. The van der Waals surface area contributed by atoms with Gasteiger partial charge in [0, 0.05) is 11.5 Å². The van der Waals surface area contributed by atoms with Crippen LogP contribution in [0.25, 0.3) is 0 Å². The SMILES string of the molecule is CCCC(C)C(=O)c1cc(Br)sc1Br. The highest BCUT2D eigenvalue weighted by atomic mass is 79.9. The predicted octanol–water partition coefficient (Wildman–Crippen LogP) is 4.89. The second-order valence-electron chi connectivity index (χ2n) is 3.29. The standard InChI is InChI=1S/C10H12Br2OS/c1-3-4-6(2)9(13)7-5-8(11)14-10(7)12/h5-6H,3-4H2,1-2H3. The molecule has 0 aromatic carbocycles. The van der Waals surface area contributed by atoms with Crippen LogP contribution in [-0.4, -0.2) is 5.78 Å². The molecule has 0 saturated heterocycles. The monoisotopic (exact) mass is 338 g/mol. The van der Waals surface area contributed by atoms with Crippen molar-refractivity contribution >= 4 is 49.0 Å². The first-order valence-corrected chi connectivity index (χ1v) is 6.95. The first-order chi connectivity index (χ1) is 6.56. The number of ketones is 1. The number of hydrogen-bond acceptors (Lipinski definition) is 2. The second kappa shape index (κ2) is 5.42. The third kappa shape index (κ3) is 2.91. The molecular formula is C10H12Br2OS. The van der Waals surface area contributed by atoms with E-state index >= 15 is 0 Å². The lowest BCUT2D eigenvalue weighted by atomic mass is 9.97. The van der Waals surface area contributed by atoms with Crippen molar-refractivity contribution in [2.24, 2.45) is 5.92 Å². The summed E-state index contributed by atoms with van der Waals surface area (Å²) in [6.07, 6.45) is 2.01. The maximum absolute atomic E-state index is 11.9. The van der Waals surface area contributed by atoms with Gasteiger partial charge in [0.25, 0.3) is 0 Å². The van der Waals surface area contributed by atoms with Gasteiger partial charge in [-0.2, -0.15) is 0 Å². The first kappa shape index (κ1) is 12.4. The van der Waals surface area contributed by atoms with Gasteiger partial charge in [0.05, 0.1) is 7.57 Å². The minimum Gasteiger partial charge on any atom is -0.294 e. The Bertz CT molecular complexity index is 333. The Labute approximate surface area is 105 Å². The largest absolute Gasteiger partial charge is 0.294 e. The van der Waals surface area contributed by atoms with Gasteiger partial charge in [0.2, 0.25) is 0 Å². The van der Waals surface area contributed by atoms with Crippen LogP contribution in [0.5, 0.6) is 0 Å². The first-order valence-electron chi connectivity index (χ1n) is 4.55. The van der Waals surface area contributed by atoms with Crippen molar-refractivity contribution in [1.29, 1.82) is 0 Å². The zero-order valence-corrected chi connectivity index (χ0v) is 12.1. The summed E-state index contributed by atoms with van der Waals surface area (Å²) in [5.74, 6) is 0.360. The van der Waals surface area contributed by atoms with E-state index in [1.165, 1.54) is 0 Å². The molecule has 14 heavy (non-hydrogen) atoms. The molecule has 1 unspecified atom stereocenters. The third-order valence-electron chi connectivity index (χ3n) is 2.09. The summed E-state index contributed by atoms with van der Waals surface area (Å²) >= 11 is 8.33. The number of Topliss-reactive ketones (excluding diaryl/α,β-unsaturated/α-hetero) is 1. The van der Waals surface area contributed by atoms with Crippen LogP contribution in [0.3, 0.4) is 0 Å². The summed E-state index contributed by atoms with van der Waals surface area (Å²) in [7, 11) is 0. The maximum atomic E-state index is 11.9. The molecule has 0 N–H and O–H groups in total. The zero-order valence-electron chi connectivity index (χ0n) is 8.14. The second-order valence-corrected chi connectivity index (χ2v) is 7.04. The van der Waals surface area contributed by atoms with Crippen LogP contribution >= 0.6 is 43.2 Å². The van der Waals surface area contributed by atoms with Crippen molar-refractivity contribution in [1.82, 2.24) is 0 Å². The molecule has 1 aromatic rings. The number of halogens is 2. The van der Waals surface area contributed by atoms with Gasteiger partial charge < -0.3 is 0 Å². The van der Waals surface area contributed by atoms with Crippen LogP contribution in [-0.2, 0) is 0 Å². The molecule has 1 aromatic heterocycles. The average Bonchev–Trinajstić information content (AvgIpc) is 2.44. The fourth-order valence-corrected chi connectivity index (χ4v) is 4.15. The topological polar surface area (TPSA) is 17.1 Å². The molecule has 1 heterocycles. The van der Waals surface area contributed by atoms with E-state index < -0.39 is 0 Å². The van der Waals surface area contributed by atoms with Gasteiger partial charge in [-0.15, -0.1) is 11.3 Å². The van der Waals surface area contributed by atoms with E-state index in [2.05, 4.69) is 38.8 Å². The molecule has 0 fully saturated rings. The van der Waals surface area contributed by atoms with Crippen molar-refractivity contribution in [2.45, 2.75) is 26.7 Å². The minimum atomic E-state index is 0.123. The number of carbonyl (C=O) groups excluding carboxylic acids is 1. The summed E-state index contributed by atoms with van der Waals surface area (Å²) < 4.78 is 1.92. The van der Waals surface area contributed by atoms with E-state index in [0.717, 1.165) is 26.0 Å². The van der Waals surface area contributed by atoms with Gasteiger partial charge >= 0.3 is 0 Å². The Balaban J connectivity index is 2.83. The quantitative estimate of drug-likeness (QED) is 0.713. The summed E-state index contributed by atoms with van der Waals surface area (Å²) in [6.45, 7) is 4.09. The maximum Gasteiger partial charge on any atom is 0.167 e. The molecule has 0 spiro atoms. The minimum absolute atomic E-state index is 0.123. The van der Waals surface area contributed by atoms with E-state index in [4.69, 9.17) is 0 Å². The van der Waals surface area contributed by atoms with Gasteiger partial charge in [-0.3, -0.25) is 4.79 Å². The van der Waals surface area contributed by atoms with E-state index in [0.29, 0.717) is 0 Å². The Kier molecular flexibility index (Phi) is 4.80. The highest BCUT2D eigenvalue weighted by Gasteiger charge is 2.18. The average molecular weight is 340 g/mol. The highest BCUT2D eigenvalue weighted by Crippen LogP contribution is 2.33. The van der Waals surface area contributed by atoms with Crippen molar-refractivity contribution in [3.05, 3.63) is 19.2 Å². The van der Waals surface area contributed by atoms with E-state index in [-0.39, 0.29) is 11.7 Å². The summed E-state index contributed by atoms with van der Waals surface area (Å²) in [5, 5.41) is 0. The predicted molar refractivity (Wildman–Crippen MR) is 68.1 cm³/mol. The lowest BCUT2D eigenvalue weighted by Crippen LogP contribution is -2.10. The summed E-state index contributed by atoms with van der Waals surface area (Å²) in [6, 6.07) is 1.89. The van der Waals surface area contributed by atoms with E-state index in [9.17, 15) is 4.79 Å². The van der Waals surface area contributed by atoms with Crippen LogP contribution < -0.4 is 0 Å². The Morgan fingerprint density at radius 1 is 1.57 bits per heavy atom. The van der Waals surface area contributed by atoms with Gasteiger partial charge in [-0.25, -0.2) is 0 Å². The number of hydrogen-bond donors (Lipinski definition) is 0. The molecule has 0 bridgehead atoms. The van der Waals surface area contributed by atoms with Gasteiger partial charge in [0.15, 0.2) is 5.78 Å². The van der Waals surface area contributed by atoms with Crippen LogP contribution in [0.15, 0.2) is 13.6 Å². The van der Waals surface area contributed by atoms with Gasteiger partial charge in [0.1, 0.15) is 0 Å². The normalized spacial score (nSPS) is 12.9. The van der Waals surface area contributed by atoms with Crippen molar-refractivity contribution in [2.75, 3.05) is 0 Å². The van der Waals surface area contributed by atoms with Crippen molar-refractivity contribution in [3.63, 3.8) is 0 Å². The molecule has 0 aliphatic heterocycles. The molecule has 0 aliphatic carbocycles. The van der Waals surface area contributed by atoms with Crippen LogP contribution in [0.2, 0.25) is 0 Å². The molecule has 1 nitrogen and oxygen atoms in total. The highest BCUT2D eigenvalue weighted by molar-refractivity contribution is 9.12. The Hall–Kier alpha value is 0.330. The fourth-order valence-electron chi connectivity index (χ4n) is 1.34. The smallest absolute Gasteiger partial charge is 0.167 e. The molecule has 0 saturated carbocycles. The van der Waals surface area contributed by atoms with E-state index in [1.807, 2.05) is 13.0 Å². The molecule has 78 valence electrons. The molecule has 4 heteroatoms. The van der Waals surface area contributed by atoms with Gasteiger partial charge in [-0.05, 0) is 44.3 Å². The fraction of sp³-hybridized carbons (Fsp3) is 0.500. The molecule has 1 rings (SSSR count). The van der Waals surface area contributed by atoms with Crippen LogP contribution in [0.4, 0.5) is 0 Å². The third-order valence-corrected chi connectivity index (χ3v) is 4.43.